The van der Waals surface area contributed by atoms with E-state index in [1.807, 2.05) is 35.9 Å². The van der Waals surface area contributed by atoms with Crippen molar-refractivity contribution in [2.24, 2.45) is 7.05 Å². The quantitative estimate of drug-likeness (QED) is 0.464. The van der Waals surface area contributed by atoms with Gasteiger partial charge in [0.25, 0.3) is 0 Å². The number of aliphatic hydroxyl groups is 1. The average Bonchev–Trinajstić information content (AvgIpc) is 3.07. The summed E-state index contributed by atoms with van der Waals surface area (Å²) in [6.07, 6.45) is 3.33. The number of rotatable bonds is 5. The van der Waals surface area contributed by atoms with Crippen LogP contribution < -0.4 is 0 Å². The standard InChI is InChI=1S/C23H20F2N4OS/c1-23(2,30)19-10-7-14(13-27-19)20-22(31-15-8-9-16(24)17(25)12-15)29(3)21(28-20)18-6-4-5-11-26-18/h4-13,30H,1-3H3. The van der Waals surface area contributed by atoms with Gasteiger partial charge in [0.2, 0.25) is 0 Å². The van der Waals surface area contributed by atoms with Gasteiger partial charge in [-0.1, -0.05) is 17.8 Å². The van der Waals surface area contributed by atoms with Gasteiger partial charge in [-0.2, -0.15) is 0 Å². The Balaban J connectivity index is 1.83. The molecule has 0 bridgehead atoms. The minimum absolute atomic E-state index is 0.534. The van der Waals surface area contributed by atoms with Gasteiger partial charge in [-0.25, -0.2) is 13.8 Å². The largest absolute Gasteiger partial charge is 0.384 e. The molecule has 0 amide bonds. The highest BCUT2D eigenvalue weighted by atomic mass is 32.2. The molecule has 4 rings (SSSR count). The van der Waals surface area contributed by atoms with E-state index in [-0.39, 0.29) is 0 Å². The molecule has 1 N–H and O–H groups in total. The molecule has 0 spiro atoms. The zero-order valence-corrected chi connectivity index (χ0v) is 18.0. The molecule has 0 saturated heterocycles. The second-order valence-corrected chi connectivity index (χ2v) is 8.59. The minimum Gasteiger partial charge on any atom is -0.384 e. The van der Waals surface area contributed by atoms with E-state index >= 15 is 0 Å². The first-order valence-corrected chi connectivity index (χ1v) is 10.4. The number of pyridine rings is 2. The van der Waals surface area contributed by atoms with Gasteiger partial charge in [0.1, 0.15) is 22.0 Å². The van der Waals surface area contributed by atoms with E-state index in [4.69, 9.17) is 4.98 Å². The number of aromatic nitrogens is 4. The van der Waals surface area contributed by atoms with Crippen LogP contribution in [0, 0.1) is 11.6 Å². The highest BCUT2D eigenvalue weighted by molar-refractivity contribution is 7.99. The lowest BCUT2D eigenvalue weighted by atomic mass is 10.0. The van der Waals surface area contributed by atoms with Crippen molar-refractivity contribution < 1.29 is 13.9 Å². The predicted molar refractivity (Wildman–Crippen MR) is 115 cm³/mol. The molecule has 3 heterocycles. The Labute approximate surface area is 182 Å². The van der Waals surface area contributed by atoms with Crippen LogP contribution in [0.5, 0.6) is 0 Å². The van der Waals surface area contributed by atoms with Crippen LogP contribution in [-0.2, 0) is 12.6 Å². The monoisotopic (exact) mass is 438 g/mol. The molecule has 4 aromatic rings. The van der Waals surface area contributed by atoms with Crippen LogP contribution in [0.4, 0.5) is 8.78 Å². The summed E-state index contributed by atoms with van der Waals surface area (Å²) in [5, 5.41) is 10.9. The fourth-order valence-corrected chi connectivity index (χ4v) is 4.07. The maximum Gasteiger partial charge on any atom is 0.159 e. The molecule has 0 aliphatic rings. The lowest BCUT2D eigenvalue weighted by Gasteiger charge is -2.16. The van der Waals surface area contributed by atoms with E-state index in [0.29, 0.717) is 27.8 Å². The molecule has 1 aromatic carbocycles. The minimum atomic E-state index is -1.06. The summed E-state index contributed by atoms with van der Waals surface area (Å²) in [4.78, 5) is 14.1. The van der Waals surface area contributed by atoms with Crippen LogP contribution in [0.15, 0.2) is 70.8 Å². The lowest BCUT2D eigenvalue weighted by molar-refractivity contribution is 0.0739. The second-order valence-electron chi connectivity index (χ2n) is 7.53. The molecule has 5 nitrogen and oxygen atoms in total. The lowest BCUT2D eigenvalue weighted by Crippen LogP contribution is -2.17. The molecule has 0 radical (unpaired) electrons. The molecule has 0 atom stereocenters. The Morgan fingerprint density at radius 3 is 2.42 bits per heavy atom. The SMILES string of the molecule is Cn1c(-c2ccccn2)nc(-c2ccc(C(C)(C)O)nc2)c1Sc1ccc(F)c(F)c1. The highest BCUT2D eigenvalue weighted by Crippen LogP contribution is 2.38. The number of nitrogens with zero attached hydrogens (tertiary/aromatic N) is 4. The van der Waals surface area contributed by atoms with E-state index < -0.39 is 17.2 Å². The molecule has 0 fully saturated rings. The van der Waals surface area contributed by atoms with Gasteiger partial charge >= 0.3 is 0 Å². The van der Waals surface area contributed by atoms with Gasteiger partial charge in [0, 0.05) is 29.9 Å². The molecule has 158 valence electrons. The van der Waals surface area contributed by atoms with Crippen molar-refractivity contribution in [1.29, 1.82) is 0 Å². The smallest absolute Gasteiger partial charge is 0.159 e. The number of halogens is 2. The summed E-state index contributed by atoms with van der Waals surface area (Å²) in [5.41, 5.74) is 1.52. The van der Waals surface area contributed by atoms with Gasteiger partial charge in [0.15, 0.2) is 17.5 Å². The van der Waals surface area contributed by atoms with Crippen molar-refractivity contribution in [2.75, 3.05) is 0 Å². The zero-order chi connectivity index (χ0) is 22.2. The average molecular weight is 439 g/mol. The number of hydrogen-bond donors (Lipinski definition) is 1. The molecule has 0 unspecified atom stereocenters. The summed E-state index contributed by atoms with van der Waals surface area (Å²) >= 11 is 1.27. The van der Waals surface area contributed by atoms with E-state index in [1.54, 1.807) is 32.3 Å². The Bertz CT molecular complexity index is 1220. The van der Waals surface area contributed by atoms with Crippen LogP contribution in [0.25, 0.3) is 22.8 Å². The van der Waals surface area contributed by atoms with Crippen LogP contribution >= 0.6 is 11.8 Å². The molecule has 31 heavy (non-hydrogen) atoms. The van der Waals surface area contributed by atoms with Gasteiger partial charge in [-0.3, -0.25) is 9.97 Å². The van der Waals surface area contributed by atoms with Gasteiger partial charge in [-0.15, -0.1) is 0 Å². The summed E-state index contributed by atoms with van der Waals surface area (Å²) in [5.74, 6) is -1.17. The summed E-state index contributed by atoms with van der Waals surface area (Å²) in [6.45, 7) is 3.33. The van der Waals surface area contributed by atoms with Crippen molar-refractivity contribution in [2.45, 2.75) is 29.4 Å². The molecule has 8 heteroatoms. The summed E-state index contributed by atoms with van der Waals surface area (Å²) < 4.78 is 29.0. The third-order valence-electron chi connectivity index (χ3n) is 4.71. The Morgan fingerprint density at radius 1 is 1.00 bits per heavy atom. The molecular formula is C23H20F2N4OS. The number of imidazole rings is 1. The Hall–Kier alpha value is -3.10. The summed E-state index contributed by atoms with van der Waals surface area (Å²) in [7, 11) is 1.85. The first-order valence-electron chi connectivity index (χ1n) is 9.54. The van der Waals surface area contributed by atoms with E-state index in [0.717, 1.165) is 22.7 Å². The normalized spacial score (nSPS) is 11.7. The van der Waals surface area contributed by atoms with E-state index in [9.17, 15) is 13.9 Å². The zero-order valence-electron chi connectivity index (χ0n) is 17.2. The molecule has 0 saturated carbocycles. The topological polar surface area (TPSA) is 63.8 Å². The Morgan fingerprint density at radius 2 is 1.81 bits per heavy atom. The van der Waals surface area contributed by atoms with Crippen molar-refractivity contribution in [3.8, 4) is 22.8 Å². The first-order chi connectivity index (χ1) is 14.7. The van der Waals surface area contributed by atoms with E-state index in [1.165, 1.54) is 17.8 Å². The number of benzene rings is 1. The predicted octanol–water partition coefficient (Wildman–Crippen LogP) is 5.20. The van der Waals surface area contributed by atoms with Crippen LogP contribution in [-0.4, -0.2) is 24.6 Å². The van der Waals surface area contributed by atoms with Crippen molar-refractivity contribution in [3.63, 3.8) is 0 Å². The maximum atomic E-state index is 13.8. The van der Waals surface area contributed by atoms with Gasteiger partial charge in [0.05, 0.1) is 5.69 Å². The maximum absolute atomic E-state index is 13.8. The number of hydrogen-bond acceptors (Lipinski definition) is 5. The van der Waals surface area contributed by atoms with Crippen LogP contribution in [0.3, 0.4) is 0 Å². The van der Waals surface area contributed by atoms with Crippen molar-refractivity contribution in [1.82, 2.24) is 19.5 Å². The van der Waals surface area contributed by atoms with Gasteiger partial charge < -0.3 is 9.67 Å². The first kappa shape index (κ1) is 21.1. The Kier molecular flexibility index (Phi) is 5.60. The molecule has 3 aromatic heterocycles. The summed E-state index contributed by atoms with van der Waals surface area (Å²) in [6, 6.07) is 12.9. The second kappa shape index (κ2) is 8.20. The van der Waals surface area contributed by atoms with Gasteiger partial charge in [-0.05, 0) is 56.3 Å². The van der Waals surface area contributed by atoms with Crippen molar-refractivity contribution in [3.05, 3.63) is 78.3 Å². The molecular weight excluding hydrogens is 418 g/mol. The van der Waals surface area contributed by atoms with Crippen LogP contribution in [0.2, 0.25) is 0 Å². The molecule has 0 aliphatic heterocycles. The highest BCUT2D eigenvalue weighted by Gasteiger charge is 2.22. The third kappa shape index (κ3) is 4.35. The fourth-order valence-electron chi connectivity index (χ4n) is 3.06. The molecule has 0 aliphatic carbocycles. The van der Waals surface area contributed by atoms with Crippen molar-refractivity contribution >= 4 is 11.8 Å². The third-order valence-corrected chi connectivity index (χ3v) is 5.86. The fraction of sp³-hybridized carbons (Fsp3) is 0.174. The van der Waals surface area contributed by atoms with E-state index in [2.05, 4.69) is 9.97 Å². The van der Waals surface area contributed by atoms with Crippen LogP contribution in [0.1, 0.15) is 19.5 Å².